The Hall–Kier alpha value is -0.900. The van der Waals surface area contributed by atoms with E-state index >= 15 is 0 Å². The highest BCUT2D eigenvalue weighted by Crippen LogP contribution is 2.42. The molecule has 2 aromatic rings. The van der Waals surface area contributed by atoms with E-state index in [4.69, 9.17) is 49.8 Å². The molecule has 1 saturated carbocycles. The number of rotatable bonds is 11. The van der Waals surface area contributed by atoms with Crippen LogP contribution in [0.15, 0.2) is 30.3 Å². The van der Waals surface area contributed by atoms with Gasteiger partial charge in [-0.25, -0.2) is 4.79 Å². The molecule has 188 valence electrons. The molecule has 6 nitrogen and oxygen atoms in total. The van der Waals surface area contributed by atoms with Gasteiger partial charge in [-0.3, -0.25) is 0 Å². The first kappa shape index (κ1) is 27.7. The molecule has 4 N–H and O–H groups in total. The maximum atomic E-state index is 12.3. The van der Waals surface area contributed by atoms with E-state index in [0.29, 0.717) is 27.8 Å². The summed E-state index contributed by atoms with van der Waals surface area (Å²) >= 11 is 20.1. The number of ether oxygens (including phenoxy) is 1. The van der Waals surface area contributed by atoms with Crippen molar-refractivity contribution < 1.29 is 30.0 Å². The van der Waals surface area contributed by atoms with Gasteiger partial charge in [-0.15, -0.1) is 22.9 Å². The van der Waals surface area contributed by atoms with Crippen LogP contribution in [0.5, 0.6) is 0 Å². The second-order valence-corrected chi connectivity index (χ2v) is 11.5. The summed E-state index contributed by atoms with van der Waals surface area (Å²) in [6.07, 6.45) is 3.07. The summed E-state index contributed by atoms with van der Waals surface area (Å²) < 4.78 is 5.03. The third-order valence-corrected chi connectivity index (χ3v) is 8.37. The van der Waals surface area contributed by atoms with E-state index in [0.717, 1.165) is 29.7 Å². The highest BCUT2D eigenvalue weighted by molar-refractivity contribution is 7.13. The number of hydrogen-bond donors (Lipinski definition) is 4. The third kappa shape index (κ3) is 7.31. The van der Waals surface area contributed by atoms with Crippen LogP contribution in [0.4, 0.5) is 0 Å². The van der Waals surface area contributed by atoms with Gasteiger partial charge < -0.3 is 25.2 Å². The van der Waals surface area contributed by atoms with Crippen molar-refractivity contribution in [2.45, 2.75) is 49.2 Å². The lowest BCUT2D eigenvalue weighted by Crippen LogP contribution is -2.43. The number of alkyl halides is 1. The molecule has 1 aromatic heterocycles. The van der Waals surface area contributed by atoms with Gasteiger partial charge >= 0.3 is 5.97 Å². The lowest BCUT2D eigenvalue weighted by molar-refractivity contribution is -0.0916. The van der Waals surface area contributed by atoms with Crippen molar-refractivity contribution in [3.8, 4) is 0 Å². The first-order chi connectivity index (χ1) is 16.1. The molecule has 0 bridgehead atoms. The normalized spacial score (nSPS) is 22.8. The molecule has 1 fully saturated rings. The number of hydrogen-bond acceptors (Lipinski definition) is 7. The first-order valence-corrected chi connectivity index (χ1v) is 13.1. The van der Waals surface area contributed by atoms with Crippen molar-refractivity contribution in [3.05, 3.63) is 55.7 Å². The van der Waals surface area contributed by atoms with Crippen molar-refractivity contribution in [3.63, 3.8) is 0 Å². The topological polar surface area (TPSA) is 107 Å². The molecule has 3 rings (SSSR count). The van der Waals surface area contributed by atoms with E-state index in [2.05, 4.69) is 0 Å². The van der Waals surface area contributed by atoms with E-state index in [1.165, 1.54) is 11.3 Å². The van der Waals surface area contributed by atoms with Crippen molar-refractivity contribution in [2.75, 3.05) is 19.8 Å². The van der Waals surface area contributed by atoms with Gasteiger partial charge in [0.05, 0.1) is 19.3 Å². The molecule has 1 aromatic carbocycles. The molecule has 10 heteroatoms. The molecular weight excluding hydrogens is 523 g/mol. The minimum atomic E-state index is -1.86. The Kier molecular flexibility index (Phi) is 10.1. The molecule has 1 heterocycles. The highest BCUT2D eigenvalue weighted by atomic mass is 35.5. The summed E-state index contributed by atoms with van der Waals surface area (Å²) in [7, 11) is 0. The maximum Gasteiger partial charge on any atom is 0.348 e. The predicted octanol–water partition coefficient (Wildman–Crippen LogP) is 4.10. The fourth-order valence-corrected chi connectivity index (χ4v) is 6.35. The van der Waals surface area contributed by atoms with Gasteiger partial charge in [0, 0.05) is 20.3 Å². The second-order valence-electron chi connectivity index (χ2n) is 8.88. The molecule has 34 heavy (non-hydrogen) atoms. The van der Waals surface area contributed by atoms with Crippen LogP contribution in [0.2, 0.25) is 10.0 Å². The minimum absolute atomic E-state index is 0.0549. The lowest BCUT2D eigenvalue weighted by atomic mass is 9.85. The third-order valence-electron chi connectivity index (χ3n) is 6.31. The van der Waals surface area contributed by atoms with E-state index in [-0.39, 0.29) is 17.2 Å². The fourth-order valence-electron chi connectivity index (χ4n) is 4.37. The van der Waals surface area contributed by atoms with Crippen LogP contribution in [0.25, 0.3) is 0 Å². The molecule has 4 atom stereocenters. The van der Waals surface area contributed by atoms with Crippen LogP contribution < -0.4 is 0 Å². The number of carbonyl (C=O) groups is 1. The van der Waals surface area contributed by atoms with E-state index in [1.807, 2.05) is 18.2 Å². The number of carbonyl (C=O) groups excluding carboxylic acids is 1. The Morgan fingerprint density at radius 2 is 1.71 bits per heavy atom. The minimum Gasteiger partial charge on any atom is -0.458 e. The summed E-state index contributed by atoms with van der Waals surface area (Å²) in [6, 6.07) is 8.97. The summed E-state index contributed by atoms with van der Waals surface area (Å²) in [4.78, 5) is 13.6. The molecule has 0 unspecified atom stereocenters. The number of aryl methyl sites for hydroxylation is 2. The van der Waals surface area contributed by atoms with Crippen molar-refractivity contribution >= 4 is 52.1 Å². The predicted molar refractivity (Wildman–Crippen MR) is 134 cm³/mol. The molecular formula is C24H29Cl3O6S. The number of aliphatic hydroxyl groups is 4. The van der Waals surface area contributed by atoms with Crippen molar-refractivity contribution in [2.24, 2.45) is 11.8 Å². The quantitative estimate of drug-likeness (QED) is 0.247. The molecule has 0 spiro atoms. The van der Waals surface area contributed by atoms with Gasteiger partial charge in [-0.1, -0.05) is 23.2 Å². The largest absolute Gasteiger partial charge is 0.458 e. The Morgan fingerprint density at radius 3 is 2.35 bits per heavy atom. The number of aliphatic hydroxyl groups excluding tert-OH is 3. The Balaban J connectivity index is 1.56. The molecule has 0 amide bonds. The Morgan fingerprint density at radius 1 is 1.06 bits per heavy atom. The number of benzene rings is 1. The van der Waals surface area contributed by atoms with E-state index < -0.39 is 37.5 Å². The molecule has 0 saturated heterocycles. The van der Waals surface area contributed by atoms with Crippen LogP contribution in [-0.4, -0.2) is 63.3 Å². The maximum absolute atomic E-state index is 12.3. The highest BCUT2D eigenvalue weighted by Gasteiger charge is 2.40. The number of halogens is 3. The Bertz CT molecular complexity index is 944. The Labute approximate surface area is 218 Å². The monoisotopic (exact) mass is 550 g/mol. The van der Waals surface area contributed by atoms with Crippen LogP contribution >= 0.6 is 46.1 Å². The van der Waals surface area contributed by atoms with Crippen LogP contribution in [-0.2, 0) is 17.6 Å². The lowest BCUT2D eigenvalue weighted by Gasteiger charge is -2.23. The van der Waals surface area contributed by atoms with E-state index in [1.54, 1.807) is 12.1 Å². The second kappa shape index (κ2) is 12.4. The van der Waals surface area contributed by atoms with E-state index in [9.17, 15) is 15.0 Å². The molecule has 1 aliphatic carbocycles. The van der Waals surface area contributed by atoms with Gasteiger partial charge in [0.2, 0.25) is 0 Å². The van der Waals surface area contributed by atoms with Gasteiger partial charge in [0.1, 0.15) is 17.1 Å². The zero-order valence-corrected chi connectivity index (χ0v) is 21.6. The molecule has 0 radical (unpaired) electrons. The van der Waals surface area contributed by atoms with Gasteiger partial charge in [-0.2, -0.15) is 0 Å². The first-order valence-electron chi connectivity index (χ1n) is 11.1. The SMILES string of the molecule is O=C(OCC(O)(CO)CO)c1ccc(CC[C@@H]2[C@@H](CCc3cc(Cl)cc(Cl)c3)[C@H](O)C[C@H]2Cl)s1. The van der Waals surface area contributed by atoms with Crippen molar-refractivity contribution in [1.29, 1.82) is 0 Å². The fraction of sp³-hybridized carbons (Fsp3) is 0.542. The van der Waals surface area contributed by atoms with Gasteiger partial charge in [0.15, 0.2) is 0 Å². The van der Waals surface area contributed by atoms with Crippen LogP contribution in [0, 0.1) is 11.8 Å². The molecule has 1 aliphatic rings. The smallest absolute Gasteiger partial charge is 0.348 e. The summed E-state index contributed by atoms with van der Waals surface area (Å²) in [5.74, 6) is -0.437. The van der Waals surface area contributed by atoms with Crippen LogP contribution in [0.1, 0.15) is 39.4 Å². The average Bonchev–Trinajstić information content (AvgIpc) is 3.37. The number of esters is 1. The standard InChI is InChI=1S/C24H29Cl3O6S/c25-15-7-14(8-16(26)9-15)1-4-19-18(20(27)10-21(19)30)5-2-17-3-6-22(34-17)23(31)33-13-24(32,11-28)12-29/h3,6-9,18-21,28-30,32H,1-2,4-5,10-13H2/t18-,19-,20-,21-/m1/s1. The zero-order valence-electron chi connectivity index (χ0n) is 18.5. The van der Waals surface area contributed by atoms with Crippen molar-refractivity contribution in [1.82, 2.24) is 0 Å². The van der Waals surface area contributed by atoms with Gasteiger partial charge in [0.25, 0.3) is 0 Å². The van der Waals surface area contributed by atoms with Gasteiger partial charge in [-0.05, 0) is 79.8 Å². The van der Waals surface area contributed by atoms with Crippen LogP contribution in [0.3, 0.4) is 0 Å². The zero-order chi connectivity index (χ0) is 24.9. The summed E-state index contributed by atoms with van der Waals surface area (Å²) in [5.41, 5.74) is -0.836. The number of thiophene rings is 1. The average molecular weight is 552 g/mol. The summed E-state index contributed by atoms with van der Waals surface area (Å²) in [6.45, 7) is -1.94. The molecule has 0 aliphatic heterocycles. The summed E-state index contributed by atoms with van der Waals surface area (Å²) in [5, 5.41) is 39.7.